The van der Waals surface area contributed by atoms with Crippen LogP contribution in [0.5, 0.6) is 0 Å². The molecule has 2 aliphatic heterocycles. The van der Waals surface area contributed by atoms with Gasteiger partial charge in [0.05, 0.1) is 6.10 Å². The summed E-state index contributed by atoms with van der Waals surface area (Å²) >= 11 is 0. The van der Waals surface area contributed by atoms with Gasteiger partial charge in [-0.2, -0.15) is 0 Å². The van der Waals surface area contributed by atoms with Gasteiger partial charge in [-0.25, -0.2) is 0 Å². The lowest BCUT2D eigenvalue weighted by Gasteiger charge is -2.57. The van der Waals surface area contributed by atoms with Gasteiger partial charge in [0.1, 0.15) is 0 Å². The molecule has 1 aromatic rings. The molecule has 0 unspecified atom stereocenters. The lowest BCUT2D eigenvalue weighted by molar-refractivity contribution is -0.143. The van der Waals surface area contributed by atoms with Gasteiger partial charge >= 0.3 is 0 Å². The quantitative estimate of drug-likeness (QED) is 0.845. The average Bonchev–Trinajstić information content (AvgIpc) is 2.35. The van der Waals surface area contributed by atoms with Crippen molar-refractivity contribution in [2.75, 3.05) is 26.2 Å². The largest absolute Gasteiger partial charge is 0.392 e. The van der Waals surface area contributed by atoms with Crippen molar-refractivity contribution < 1.29 is 5.11 Å². The zero-order valence-electron chi connectivity index (χ0n) is 11.9. The molecule has 3 heteroatoms. The number of fused-ring (bicyclic) bond motifs is 2. The Bertz CT molecular complexity index is 429. The molecule has 0 aromatic heterocycles. The standard InChI is InChI=1S/C16H24N2O/c1-15-9-17-10-16(2,14(15)19)12-18(11-15)8-13-6-4-3-5-7-13/h3-7,14,17,19H,8-12H2,1-2H3/t15-,16-/m0/s1. The maximum Gasteiger partial charge on any atom is 0.0696 e. The summed E-state index contributed by atoms with van der Waals surface area (Å²) in [4.78, 5) is 2.50. The summed E-state index contributed by atoms with van der Waals surface area (Å²) in [5.41, 5.74) is 1.30. The van der Waals surface area contributed by atoms with Crippen molar-refractivity contribution in [2.24, 2.45) is 10.8 Å². The Morgan fingerprint density at radius 2 is 1.74 bits per heavy atom. The molecule has 2 saturated heterocycles. The van der Waals surface area contributed by atoms with Crippen molar-refractivity contribution in [1.82, 2.24) is 10.2 Å². The molecular formula is C16H24N2O. The topological polar surface area (TPSA) is 35.5 Å². The molecule has 0 saturated carbocycles. The number of hydrogen-bond acceptors (Lipinski definition) is 3. The summed E-state index contributed by atoms with van der Waals surface area (Å²) in [5, 5.41) is 14.1. The van der Waals surface area contributed by atoms with Crippen LogP contribution < -0.4 is 5.32 Å². The molecule has 104 valence electrons. The number of rotatable bonds is 2. The van der Waals surface area contributed by atoms with E-state index >= 15 is 0 Å². The van der Waals surface area contributed by atoms with Gasteiger partial charge in [-0.1, -0.05) is 44.2 Å². The fraction of sp³-hybridized carbons (Fsp3) is 0.625. The maximum atomic E-state index is 10.6. The molecule has 2 fully saturated rings. The smallest absolute Gasteiger partial charge is 0.0696 e. The van der Waals surface area contributed by atoms with Crippen LogP contribution in [0, 0.1) is 10.8 Å². The molecule has 2 heterocycles. The van der Waals surface area contributed by atoms with Gasteiger partial charge < -0.3 is 10.4 Å². The third kappa shape index (κ3) is 2.31. The third-order valence-electron chi connectivity index (χ3n) is 4.80. The Labute approximate surface area is 115 Å². The summed E-state index contributed by atoms with van der Waals surface area (Å²) < 4.78 is 0. The summed E-state index contributed by atoms with van der Waals surface area (Å²) in [6.07, 6.45) is -0.201. The molecule has 1 aromatic carbocycles. The number of hydrogen-bond donors (Lipinski definition) is 2. The van der Waals surface area contributed by atoms with Crippen LogP contribution in [0.4, 0.5) is 0 Å². The highest BCUT2D eigenvalue weighted by atomic mass is 16.3. The maximum absolute atomic E-state index is 10.6. The third-order valence-corrected chi connectivity index (χ3v) is 4.80. The highest BCUT2D eigenvalue weighted by molar-refractivity contribution is 5.16. The molecule has 19 heavy (non-hydrogen) atoms. The second kappa shape index (κ2) is 4.58. The van der Waals surface area contributed by atoms with Gasteiger partial charge in [0.2, 0.25) is 0 Å². The van der Waals surface area contributed by atoms with E-state index in [1.807, 2.05) is 0 Å². The van der Waals surface area contributed by atoms with E-state index in [-0.39, 0.29) is 16.9 Å². The number of benzene rings is 1. The summed E-state index contributed by atoms with van der Waals surface area (Å²) in [5.74, 6) is 0. The number of likely N-dealkylation sites (tertiary alicyclic amines) is 1. The Hall–Kier alpha value is -0.900. The van der Waals surface area contributed by atoms with E-state index in [9.17, 15) is 5.11 Å². The first-order valence-electron chi connectivity index (χ1n) is 7.17. The van der Waals surface area contributed by atoms with E-state index in [0.29, 0.717) is 0 Å². The van der Waals surface area contributed by atoms with Gasteiger partial charge in [0, 0.05) is 43.6 Å². The molecule has 2 atom stereocenters. The van der Waals surface area contributed by atoms with Gasteiger partial charge in [-0.05, 0) is 5.56 Å². The first-order valence-corrected chi connectivity index (χ1v) is 7.17. The van der Waals surface area contributed by atoms with Crippen LogP contribution in [0.25, 0.3) is 0 Å². The van der Waals surface area contributed by atoms with Crippen LogP contribution >= 0.6 is 0 Å². The molecule has 3 rings (SSSR count). The van der Waals surface area contributed by atoms with E-state index in [1.54, 1.807) is 0 Å². The Kier molecular flexibility index (Phi) is 3.16. The molecule has 2 N–H and O–H groups in total. The minimum Gasteiger partial charge on any atom is -0.392 e. The van der Waals surface area contributed by atoms with Crippen molar-refractivity contribution in [2.45, 2.75) is 26.5 Å². The zero-order chi connectivity index (χ0) is 13.5. The highest BCUT2D eigenvalue weighted by Gasteiger charge is 2.53. The second-order valence-corrected chi connectivity index (χ2v) is 6.94. The molecule has 0 amide bonds. The molecule has 2 aliphatic rings. The molecule has 3 nitrogen and oxygen atoms in total. The molecular weight excluding hydrogens is 236 g/mol. The summed E-state index contributed by atoms with van der Waals surface area (Å²) in [6, 6.07) is 10.6. The van der Waals surface area contributed by atoms with E-state index in [0.717, 1.165) is 32.7 Å². The number of piperidine rings is 2. The van der Waals surface area contributed by atoms with E-state index < -0.39 is 0 Å². The van der Waals surface area contributed by atoms with Crippen LogP contribution in [0.15, 0.2) is 30.3 Å². The average molecular weight is 260 g/mol. The van der Waals surface area contributed by atoms with E-state index in [4.69, 9.17) is 0 Å². The number of aliphatic hydroxyl groups is 1. The fourth-order valence-corrected chi connectivity index (χ4v) is 3.98. The molecule has 2 bridgehead atoms. The van der Waals surface area contributed by atoms with Gasteiger partial charge in [0.25, 0.3) is 0 Å². The van der Waals surface area contributed by atoms with Crippen LogP contribution in [0.3, 0.4) is 0 Å². The molecule has 0 aliphatic carbocycles. The van der Waals surface area contributed by atoms with E-state index in [2.05, 4.69) is 54.4 Å². The van der Waals surface area contributed by atoms with Crippen molar-refractivity contribution in [1.29, 1.82) is 0 Å². The number of aliphatic hydroxyl groups excluding tert-OH is 1. The SMILES string of the molecule is C[C@]12CNC[C@@](C)(CN(Cc3ccccc3)C1)C2O. The number of nitrogens with one attached hydrogen (secondary N) is 1. The first kappa shape index (κ1) is 13.1. The van der Waals surface area contributed by atoms with Crippen molar-refractivity contribution in [3.8, 4) is 0 Å². The van der Waals surface area contributed by atoms with E-state index in [1.165, 1.54) is 5.56 Å². The Balaban J connectivity index is 1.79. The Morgan fingerprint density at radius 3 is 2.32 bits per heavy atom. The monoisotopic (exact) mass is 260 g/mol. The van der Waals surface area contributed by atoms with Gasteiger partial charge in [-0.3, -0.25) is 4.90 Å². The van der Waals surface area contributed by atoms with Crippen LogP contribution in [-0.2, 0) is 6.54 Å². The minimum absolute atomic E-state index is 0.0277. The first-order chi connectivity index (χ1) is 9.02. The van der Waals surface area contributed by atoms with Crippen LogP contribution in [0.1, 0.15) is 19.4 Å². The van der Waals surface area contributed by atoms with Crippen molar-refractivity contribution in [3.63, 3.8) is 0 Å². The minimum atomic E-state index is -0.201. The highest BCUT2D eigenvalue weighted by Crippen LogP contribution is 2.43. The second-order valence-electron chi connectivity index (χ2n) is 6.94. The molecule has 0 spiro atoms. The van der Waals surface area contributed by atoms with Crippen molar-refractivity contribution >= 4 is 0 Å². The zero-order valence-corrected chi connectivity index (χ0v) is 11.9. The summed E-state index contributed by atoms with van der Waals surface area (Å²) in [6.45, 7) is 9.15. The van der Waals surface area contributed by atoms with Crippen LogP contribution in [-0.4, -0.2) is 42.3 Å². The van der Waals surface area contributed by atoms with Crippen LogP contribution in [0.2, 0.25) is 0 Å². The fourth-order valence-electron chi connectivity index (χ4n) is 3.98. The predicted octanol–water partition coefficient (Wildman–Crippen LogP) is 1.48. The normalized spacial score (nSPS) is 39.2. The lowest BCUT2D eigenvalue weighted by atomic mass is 9.63. The van der Waals surface area contributed by atoms with Gasteiger partial charge in [0.15, 0.2) is 0 Å². The predicted molar refractivity (Wildman–Crippen MR) is 76.8 cm³/mol. The summed E-state index contributed by atoms with van der Waals surface area (Å²) in [7, 11) is 0. The molecule has 0 radical (unpaired) electrons. The Morgan fingerprint density at radius 1 is 1.16 bits per heavy atom. The van der Waals surface area contributed by atoms with Gasteiger partial charge in [-0.15, -0.1) is 0 Å². The number of nitrogens with zero attached hydrogens (tertiary/aromatic N) is 1. The van der Waals surface area contributed by atoms with Crippen molar-refractivity contribution in [3.05, 3.63) is 35.9 Å². The lowest BCUT2D eigenvalue weighted by Crippen LogP contribution is -2.69.